The number of benzene rings is 1. The van der Waals surface area contributed by atoms with Gasteiger partial charge in [-0.15, -0.1) is 0 Å². The highest BCUT2D eigenvalue weighted by molar-refractivity contribution is 5.26. The van der Waals surface area contributed by atoms with Crippen molar-refractivity contribution >= 4 is 0 Å². The third-order valence-electron chi connectivity index (χ3n) is 2.71. The SMILES string of the molecule is CC[C@H](CO)NC(C)Cc1ccc(O)cc1. The van der Waals surface area contributed by atoms with Gasteiger partial charge in [-0.25, -0.2) is 0 Å². The quantitative estimate of drug-likeness (QED) is 0.688. The molecule has 0 spiro atoms. The third kappa shape index (κ3) is 4.21. The second-order valence-corrected chi connectivity index (χ2v) is 4.23. The van der Waals surface area contributed by atoms with Gasteiger partial charge >= 0.3 is 0 Å². The van der Waals surface area contributed by atoms with Crippen LogP contribution in [-0.4, -0.2) is 28.9 Å². The van der Waals surface area contributed by atoms with E-state index in [4.69, 9.17) is 10.2 Å². The summed E-state index contributed by atoms with van der Waals surface area (Å²) in [5.74, 6) is 0.297. The van der Waals surface area contributed by atoms with E-state index in [0.29, 0.717) is 11.8 Å². The number of aliphatic hydroxyl groups is 1. The molecule has 0 aliphatic rings. The van der Waals surface area contributed by atoms with Crippen molar-refractivity contribution in [1.82, 2.24) is 5.32 Å². The monoisotopic (exact) mass is 223 g/mol. The fraction of sp³-hybridized carbons (Fsp3) is 0.538. The van der Waals surface area contributed by atoms with Crippen LogP contribution in [0.15, 0.2) is 24.3 Å². The summed E-state index contributed by atoms with van der Waals surface area (Å²) in [5.41, 5.74) is 1.19. The van der Waals surface area contributed by atoms with Gasteiger partial charge in [0.15, 0.2) is 0 Å². The van der Waals surface area contributed by atoms with E-state index in [1.165, 1.54) is 5.56 Å². The summed E-state index contributed by atoms with van der Waals surface area (Å²) >= 11 is 0. The zero-order valence-electron chi connectivity index (χ0n) is 9.98. The lowest BCUT2D eigenvalue weighted by atomic mass is 10.1. The summed E-state index contributed by atoms with van der Waals surface area (Å²) in [6.07, 6.45) is 1.83. The van der Waals surface area contributed by atoms with Crippen LogP contribution < -0.4 is 5.32 Å². The molecule has 90 valence electrons. The summed E-state index contributed by atoms with van der Waals surface area (Å²) in [6.45, 7) is 4.34. The maximum absolute atomic E-state index is 9.16. The van der Waals surface area contributed by atoms with Crippen LogP contribution in [-0.2, 0) is 6.42 Å². The summed E-state index contributed by atoms with van der Waals surface area (Å²) < 4.78 is 0. The second kappa shape index (κ2) is 6.51. The summed E-state index contributed by atoms with van der Waals surface area (Å²) in [5, 5.41) is 21.6. The molecular formula is C13H21NO2. The maximum Gasteiger partial charge on any atom is 0.115 e. The van der Waals surface area contributed by atoms with E-state index in [1.54, 1.807) is 12.1 Å². The van der Waals surface area contributed by atoms with Crippen molar-refractivity contribution in [3.8, 4) is 5.75 Å². The molecule has 1 rings (SSSR count). The molecule has 0 bridgehead atoms. The number of hydrogen-bond donors (Lipinski definition) is 3. The number of phenols is 1. The Morgan fingerprint density at radius 3 is 2.38 bits per heavy atom. The predicted molar refractivity (Wildman–Crippen MR) is 65.6 cm³/mol. The van der Waals surface area contributed by atoms with Crippen LogP contribution in [0.3, 0.4) is 0 Å². The van der Waals surface area contributed by atoms with Crippen LogP contribution in [0.4, 0.5) is 0 Å². The highest BCUT2D eigenvalue weighted by Crippen LogP contribution is 2.11. The fourth-order valence-electron chi connectivity index (χ4n) is 1.75. The van der Waals surface area contributed by atoms with Gasteiger partial charge in [-0.3, -0.25) is 0 Å². The molecule has 0 aromatic heterocycles. The first kappa shape index (κ1) is 13.0. The molecule has 0 fully saturated rings. The molecule has 0 aliphatic carbocycles. The summed E-state index contributed by atoms with van der Waals surface area (Å²) in [7, 11) is 0. The smallest absolute Gasteiger partial charge is 0.115 e. The summed E-state index contributed by atoms with van der Waals surface area (Å²) in [6, 6.07) is 7.74. The first-order chi connectivity index (χ1) is 7.65. The fourth-order valence-corrected chi connectivity index (χ4v) is 1.75. The molecule has 1 aromatic carbocycles. The molecule has 0 amide bonds. The van der Waals surface area contributed by atoms with Gasteiger partial charge in [-0.2, -0.15) is 0 Å². The van der Waals surface area contributed by atoms with Crippen LogP contribution in [0.1, 0.15) is 25.8 Å². The standard InChI is InChI=1S/C13H21NO2/c1-3-12(9-15)14-10(2)8-11-4-6-13(16)7-5-11/h4-7,10,12,14-16H,3,8-9H2,1-2H3/t10?,12-/m1/s1. The van der Waals surface area contributed by atoms with Crippen molar-refractivity contribution in [2.24, 2.45) is 0 Å². The molecule has 1 unspecified atom stereocenters. The minimum atomic E-state index is 0.173. The van der Waals surface area contributed by atoms with Gasteiger partial charge in [0, 0.05) is 12.1 Å². The molecule has 0 saturated carbocycles. The van der Waals surface area contributed by atoms with Crippen LogP contribution in [0.25, 0.3) is 0 Å². The second-order valence-electron chi connectivity index (χ2n) is 4.23. The van der Waals surface area contributed by atoms with Crippen molar-refractivity contribution in [2.45, 2.75) is 38.8 Å². The van der Waals surface area contributed by atoms with Gasteiger partial charge in [-0.05, 0) is 37.5 Å². The lowest BCUT2D eigenvalue weighted by molar-refractivity contribution is 0.229. The summed E-state index contributed by atoms with van der Waals surface area (Å²) in [4.78, 5) is 0. The molecule has 1 aromatic rings. The van der Waals surface area contributed by atoms with Crippen LogP contribution in [0.2, 0.25) is 0 Å². The van der Waals surface area contributed by atoms with Gasteiger partial charge < -0.3 is 15.5 Å². The van der Waals surface area contributed by atoms with Gasteiger partial charge in [0.25, 0.3) is 0 Å². The molecule has 16 heavy (non-hydrogen) atoms. The Morgan fingerprint density at radius 2 is 1.88 bits per heavy atom. The molecule has 2 atom stereocenters. The van der Waals surface area contributed by atoms with E-state index in [9.17, 15) is 0 Å². The highest BCUT2D eigenvalue weighted by atomic mass is 16.3. The molecular weight excluding hydrogens is 202 g/mol. The van der Waals surface area contributed by atoms with E-state index in [1.807, 2.05) is 12.1 Å². The van der Waals surface area contributed by atoms with Gasteiger partial charge in [0.1, 0.15) is 5.75 Å². The molecule has 0 radical (unpaired) electrons. The predicted octanol–water partition coefficient (Wildman–Crippen LogP) is 1.68. The molecule has 3 N–H and O–H groups in total. The van der Waals surface area contributed by atoms with Gasteiger partial charge in [-0.1, -0.05) is 19.1 Å². The molecule has 0 heterocycles. The number of hydrogen-bond acceptors (Lipinski definition) is 3. The molecule has 0 saturated heterocycles. The maximum atomic E-state index is 9.16. The van der Waals surface area contributed by atoms with E-state index in [0.717, 1.165) is 12.8 Å². The van der Waals surface area contributed by atoms with E-state index in [2.05, 4.69) is 19.2 Å². The van der Waals surface area contributed by atoms with Crippen LogP contribution >= 0.6 is 0 Å². The van der Waals surface area contributed by atoms with Crippen LogP contribution in [0.5, 0.6) is 5.75 Å². The van der Waals surface area contributed by atoms with Crippen molar-refractivity contribution in [3.63, 3.8) is 0 Å². The van der Waals surface area contributed by atoms with Crippen molar-refractivity contribution in [2.75, 3.05) is 6.61 Å². The normalized spacial score (nSPS) is 14.7. The minimum absolute atomic E-state index is 0.173. The third-order valence-corrected chi connectivity index (χ3v) is 2.71. The van der Waals surface area contributed by atoms with Crippen molar-refractivity contribution in [1.29, 1.82) is 0 Å². The first-order valence-electron chi connectivity index (χ1n) is 5.80. The Hall–Kier alpha value is -1.06. The number of aliphatic hydroxyl groups excluding tert-OH is 1. The molecule has 3 nitrogen and oxygen atoms in total. The van der Waals surface area contributed by atoms with Gasteiger partial charge in [0.05, 0.1) is 6.61 Å². The van der Waals surface area contributed by atoms with E-state index >= 15 is 0 Å². The Morgan fingerprint density at radius 1 is 1.25 bits per heavy atom. The number of phenolic OH excluding ortho intramolecular Hbond substituents is 1. The highest BCUT2D eigenvalue weighted by Gasteiger charge is 2.09. The van der Waals surface area contributed by atoms with E-state index in [-0.39, 0.29) is 12.6 Å². The van der Waals surface area contributed by atoms with Gasteiger partial charge in [0.2, 0.25) is 0 Å². The Labute approximate surface area is 97.1 Å². The van der Waals surface area contributed by atoms with Crippen molar-refractivity contribution in [3.05, 3.63) is 29.8 Å². The lowest BCUT2D eigenvalue weighted by Crippen LogP contribution is -2.39. The molecule has 3 heteroatoms. The average molecular weight is 223 g/mol. The number of nitrogens with one attached hydrogen (secondary N) is 1. The van der Waals surface area contributed by atoms with E-state index < -0.39 is 0 Å². The Bertz CT molecular complexity index is 293. The Kier molecular flexibility index (Phi) is 5.29. The minimum Gasteiger partial charge on any atom is -0.508 e. The first-order valence-corrected chi connectivity index (χ1v) is 5.80. The largest absolute Gasteiger partial charge is 0.508 e. The van der Waals surface area contributed by atoms with Crippen molar-refractivity contribution < 1.29 is 10.2 Å². The zero-order chi connectivity index (χ0) is 12.0. The zero-order valence-corrected chi connectivity index (χ0v) is 9.98. The van der Waals surface area contributed by atoms with Crippen LogP contribution in [0, 0.1) is 0 Å². The number of rotatable bonds is 6. The lowest BCUT2D eigenvalue weighted by Gasteiger charge is -2.20. The number of aromatic hydroxyl groups is 1. The average Bonchev–Trinajstić information content (AvgIpc) is 2.29. The molecule has 0 aliphatic heterocycles. The topological polar surface area (TPSA) is 52.5 Å². The Balaban J connectivity index is 2.44.